The number of hydrogen-bond donors (Lipinski definition) is 1. The molecule has 0 aliphatic heterocycles. The lowest BCUT2D eigenvalue weighted by Gasteiger charge is -2.14. The van der Waals surface area contributed by atoms with Crippen molar-refractivity contribution in [1.29, 1.82) is 0 Å². The van der Waals surface area contributed by atoms with Crippen molar-refractivity contribution < 1.29 is 9.32 Å². The maximum atomic E-state index is 12.4. The van der Waals surface area contributed by atoms with Gasteiger partial charge < -0.3 is 9.84 Å². The van der Waals surface area contributed by atoms with E-state index in [0.717, 1.165) is 36.0 Å². The molecule has 2 aromatic rings. The Hall–Kier alpha value is -2.30. The number of carbonyl (C=O) groups is 1. The van der Waals surface area contributed by atoms with Crippen LogP contribution >= 0.6 is 0 Å². The summed E-state index contributed by atoms with van der Waals surface area (Å²) in [5.41, 5.74) is 2.68. The number of rotatable bonds is 2. The highest BCUT2D eigenvalue weighted by atomic mass is 16.5. The third-order valence-electron chi connectivity index (χ3n) is 4.29. The molecule has 0 unspecified atom stereocenters. The van der Waals surface area contributed by atoms with E-state index in [4.69, 9.17) is 4.52 Å². The van der Waals surface area contributed by atoms with Crippen LogP contribution in [0.3, 0.4) is 0 Å². The second kappa shape index (κ2) is 4.62. The van der Waals surface area contributed by atoms with E-state index in [1.165, 1.54) is 11.6 Å². The smallest absolute Gasteiger partial charge is 0.328 e. The number of aromatic nitrogens is 1. The molecular formula is C16H16N2O3. The van der Waals surface area contributed by atoms with E-state index in [-0.39, 0.29) is 18.0 Å². The fourth-order valence-corrected chi connectivity index (χ4v) is 3.08. The third-order valence-corrected chi connectivity index (χ3v) is 4.29. The van der Waals surface area contributed by atoms with Crippen LogP contribution in [-0.2, 0) is 6.42 Å². The van der Waals surface area contributed by atoms with E-state index in [1.807, 2.05) is 18.2 Å². The Morgan fingerprint density at radius 3 is 2.86 bits per heavy atom. The van der Waals surface area contributed by atoms with Crippen LogP contribution < -0.4 is 10.9 Å². The first-order chi connectivity index (χ1) is 10.2. The van der Waals surface area contributed by atoms with Crippen molar-refractivity contribution in [3.8, 4) is 0 Å². The van der Waals surface area contributed by atoms with Gasteiger partial charge in [-0.3, -0.25) is 0 Å². The Bertz CT molecular complexity index is 755. The molecule has 0 saturated heterocycles. The predicted molar refractivity (Wildman–Crippen MR) is 76.4 cm³/mol. The average Bonchev–Trinajstić information content (AvgIpc) is 3.15. The molecule has 108 valence electrons. The topological polar surface area (TPSA) is 64.2 Å². The van der Waals surface area contributed by atoms with Crippen LogP contribution in [0, 0.1) is 0 Å². The molecule has 1 amide bonds. The van der Waals surface area contributed by atoms with E-state index < -0.39 is 5.63 Å². The summed E-state index contributed by atoms with van der Waals surface area (Å²) in [6.07, 6.45) is 3.87. The van der Waals surface area contributed by atoms with Crippen LogP contribution in [-0.4, -0.2) is 10.8 Å². The van der Waals surface area contributed by atoms with Gasteiger partial charge in [-0.2, -0.15) is 0 Å². The molecule has 21 heavy (non-hydrogen) atoms. The molecule has 1 fully saturated rings. The molecule has 1 N–H and O–H groups in total. The number of benzene rings is 1. The first-order valence-electron chi connectivity index (χ1n) is 7.34. The first kappa shape index (κ1) is 12.4. The minimum atomic E-state index is -0.459. The minimum Gasteiger partial charge on any atom is -0.328 e. The highest BCUT2D eigenvalue weighted by molar-refractivity contribution is 5.77. The number of carbonyl (C=O) groups excluding carboxylic acids is 1. The lowest BCUT2D eigenvalue weighted by molar-refractivity contribution is 0.200. The highest BCUT2D eigenvalue weighted by Gasteiger charge is 2.32. The molecule has 0 spiro atoms. The normalized spacial score (nSPS) is 20.3. The molecule has 2 aliphatic rings. The van der Waals surface area contributed by atoms with Crippen molar-refractivity contribution in [2.75, 3.05) is 0 Å². The van der Waals surface area contributed by atoms with Crippen LogP contribution in [0.4, 0.5) is 4.79 Å². The molecule has 4 rings (SSSR count). The summed E-state index contributed by atoms with van der Waals surface area (Å²) in [6, 6.07) is 9.20. The molecule has 1 saturated carbocycles. The Kier molecular flexibility index (Phi) is 2.74. The number of amides is 1. The summed E-state index contributed by atoms with van der Waals surface area (Å²) < 4.78 is 6.16. The van der Waals surface area contributed by atoms with Crippen molar-refractivity contribution in [3.63, 3.8) is 0 Å². The lowest BCUT2D eigenvalue weighted by atomic mass is 10.1. The summed E-state index contributed by atoms with van der Waals surface area (Å²) in [7, 11) is 0. The van der Waals surface area contributed by atoms with Crippen LogP contribution in [0.5, 0.6) is 0 Å². The first-order valence-corrected chi connectivity index (χ1v) is 7.34. The van der Waals surface area contributed by atoms with Crippen molar-refractivity contribution in [2.45, 2.75) is 37.6 Å². The molecule has 0 bridgehead atoms. The summed E-state index contributed by atoms with van der Waals surface area (Å²) >= 11 is 0. The van der Waals surface area contributed by atoms with Gasteiger partial charge in [-0.15, -0.1) is 4.74 Å². The van der Waals surface area contributed by atoms with E-state index in [1.54, 1.807) is 0 Å². The second-order valence-corrected chi connectivity index (χ2v) is 5.79. The number of aryl methyl sites for hydroxylation is 1. The average molecular weight is 284 g/mol. The zero-order valence-corrected chi connectivity index (χ0v) is 11.5. The highest BCUT2D eigenvalue weighted by Crippen LogP contribution is 2.39. The summed E-state index contributed by atoms with van der Waals surface area (Å²) in [4.78, 5) is 23.8. The monoisotopic (exact) mass is 284 g/mol. The quantitative estimate of drug-likeness (QED) is 0.921. The Labute approximate surface area is 121 Å². The fraction of sp³-hybridized carbons (Fsp3) is 0.375. The van der Waals surface area contributed by atoms with Crippen LogP contribution in [0.25, 0.3) is 0 Å². The largest absolute Gasteiger partial charge is 0.358 e. The molecule has 2 aliphatic carbocycles. The maximum absolute atomic E-state index is 12.4. The van der Waals surface area contributed by atoms with Crippen molar-refractivity contribution in [2.24, 2.45) is 0 Å². The van der Waals surface area contributed by atoms with E-state index in [2.05, 4.69) is 11.4 Å². The molecule has 5 nitrogen and oxygen atoms in total. The van der Waals surface area contributed by atoms with Gasteiger partial charge in [0.15, 0.2) is 0 Å². The minimum absolute atomic E-state index is 0.00606. The summed E-state index contributed by atoms with van der Waals surface area (Å²) in [5, 5.41) is 2.98. The molecule has 1 aromatic carbocycles. The molecule has 1 heterocycles. The predicted octanol–water partition coefficient (Wildman–Crippen LogP) is 2.56. The number of nitrogens with one attached hydrogen (secondary N) is 1. The van der Waals surface area contributed by atoms with E-state index >= 15 is 0 Å². The molecule has 1 aromatic heterocycles. The zero-order valence-electron chi connectivity index (χ0n) is 11.5. The third kappa shape index (κ3) is 2.18. The van der Waals surface area contributed by atoms with Crippen LogP contribution in [0.2, 0.25) is 0 Å². The Balaban J connectivity index is 1.58. The number of hydrogen-bond acceptors (Lipinski definition) is 3. The molecule has 1 atom stereocenters. The van der Waals surface area contributed by atoms with Crippen LogP contribution in [0.1, 0.15) is 48.0 Å². The molecule has 0 radical (unpaired) electrons. The molecular weight excluding hydrogens is 268 g/mol. The SMILES string of the molecule is O=C(N[C@H]1CCc2ccccc21)n1oc(=O)cc1C1CC1. The van der Waals surface area contributed by atoms with Gasteiger partial charge in [0.2, 0.25) is 0 Å². The second-order valence-electron chi connectivity index (χ2n) is 5.79. The summed E-state index contributed by atoms with van der Waals surface area (Å²) in [6.45, 7) is 0. The zero-order chi connectivity index (χ0) is 14.4. The Morgan fingerprint density at radius 1 is 1.24 bits per heavy atom. The van der Waals surface area contributed by atoms with E-state index in [0.29, 0.717) is 5.69 Å². The van der Waals surface area contributed by atoms with Gasteiger partial charge in [-0.25, -0.2) is 9.59 Å². The van der Waals surface area contributed by atoms with Gasteiger partial charge in [-0.05, 0) is 36.8 Å². The van der Waals surface area contributed by atoms with Crippen molar-refractivity contribution >= 4 is 6.03 Å². The lowest BCUT2D eigenvalue weighted by Crippen LogP contribution is -2.32. The Morgan fingerprint density at radius 2 is 2.05 bits per heavy atom. The summed E-state index contributed by atoms with van der Waals surface area (Å²) in [5.74, 6) is 0.290. The van der Waals surface area contributed by atoms with Gasteiger partial charge in [0.1, 0.15) is 0 Å². The standard InChI is InChI=1S/C16H16N2O3/c19-15-9-14(11-5-6-11)18(21-15)16(20)17-13-8-7-10-3-1-2-4-12(10)13/h1-4,9,11,13H,5-8H2,(H,17,20)/t13-/m0/s1. The number of fused-ring (bicyclic) bond motifs is 1. The number of nitrogens with zero attached hydrogens (tertiary/aromatic N) is 1. The maximum Gasteiger partial charge on any atom is 0.358 e. The van der Waals surface area contributed by atoms with Gasteiger partial charge in [-0.1, -0.05) is 24.3 Å². The van der Waals surface area contributed by atoms with Gasteiger partial charge in [0.05, 0.1) is 11.7 Å². The van der Waals surface area contributed by atoms with Crippen molar-refractivity contribution in [1.82, 2.24) is 10.1 Å². The van der Waals surface area contributed by atoms with Gasteiger partial charge in [0.25, 0.3) is 0 Å². The molecule has 5 heteroatoms. The van der Waals surface area contributed by atoms with Crippen molar-refractivity contribution in [3.05, 3.63) is 57.6 Å². The van der Waals surface area contributed by atoms with E-state index in [9.17, 15) is 9.59 Å². The van der Waals surface area contributed by atoms with Gasteiger partial charge in [0, 0.05) is 12.0 Å². The van der Waals surface area contributed by atoms with Crippen LogP contribution in [0.15, 0.2) is 39.6 Å². The van der Waals surface area contributed by atoms with Gasteiger partial charge >= 0.3 is 11.7 Å². The fourth-order valence-electron chi connectivity index (χ4n) is 3.08.